The molecule has 0 bridgehead atoms. The minimum atomic E-state index is -0.204. The van der Waals surface area contributed by atoms with Gasteiger partial charge in [-0.05, 0) is 66.3 Å². The van der Waals surface area contributed by atoms with Crippen LogP contribution < -0.4 is 4.74 Å². The highest BCUT2D eigenvalue weighted by Crippen LogP contribution is 2.31. The van der Waals surface area contributed by atoms with E-state index in [9.17, 15) is 0 Å². The Bertz CT molecular complexity index is 1330. The number of halogens is 1. The first-order valence-electron chi connectivity index (χ1n) is 14.0. The summed E-state index contributed by atoms with van der Waals surface area (Å²) in [6.07, 6.45) is 0.845. The Morgan fingerprint density at radius 2 is 1.30 bits per heavy atom. The van der Waals surface area contributed by atoms with Crippen molar-refractivity contribution in [1.29, 1.82) is 0 Å². The van der Waals surface area contributed by atoms with Gasteiger partial charge < -0.3 is 18.9 Å². The molecule has 0 N–H and O–H groups in total. The average molecular weight is 557 g/mol. The Labute approximate surface area is 242 Å². The van der Waals surface area contributed by atoms with E-state index in [0.717, 1.165) is 33.9 Å². The van der Waals surface area contributed by atoms with Gasteiger partial charge in [0.1, 0.15) is 18.0 Å². The molecule has 4 aromatic carbocycles. The predicted octanol–water partition coefficient (Wildman–Crippen LogP) is 7.83. The van der Waals surface area contributed by atoms with Crippen molar-refractivity contribution < 1.29 is 18.9 Å². The number of ether oxygens (including phenoxy) is 4. The molecule has 5 heteroatoms. The van der Waals surface area contributed by atoms with Gasteiger partial charge in [-0.2, -0.15) is 0 Å². The Morgan fingerprint density at radius 3 is 1.93 bits per heavy atom. The summed E-state index contributed by atoms with van der Waals surface area (Å²) in [6, 6.07) is 35.0. The summed E-state index contributed by atoms with van der Waals surface area (Å²) >= 11 is 6.64. The first kappa shape index (κ1) is 28.4. The summed E-state index contributed by atoms with van der Waals surface area (Å²) in [7, 11) is 0. The van der Waals surface area contributed by atoms with Crippen molar-refractivity contribution >= 4 is 11.6 Å². The molecule has 4 atom stereocenters. The van der Waals surface area contributed by atoms with Crippen molar-refractivity contribution in [3.63, 3.8) is 0 Å². The highest BCUT2D eigenvalue weighted by Gasteiger charge is 2.44. The molecule has 0 radical (unpaired) electrons. The van der Waals surface area contributed by atoms with Gasteiger partial charge in [0.05, 0.1) is 32.0 Å². The van der Waals surface area contributed by atoms with Crippen LogP contribution in [0.1, 0.15) is 41.7 Å². The van der Waals surface area contributed by atoms with Gasteiger partial charge in [0.15, 0.2) is 0 Å². The fourth-order valence-corrected chi connectivity index (χ4v) is 5.44. The standard InChI is InChI=1S/C35H37ClO4/c1-3-37-31-17-14-26(15-18-31)20-30-21-29(16-19-32(30)36)22-33-35(39-24-28-12-8-5-9-13-28)34(25(2)40-33)38-23-27-10-6-4-7-11-27/h4-19,21,25,33-35H,3,20,22-24H2,1-2H3. The van der Waals surface area contributed by atoms with Crippen LogP contribution in [0.25, 0.3) is 0 Å². The molecular formula is C35H37ClO4. The molecule has 5 rings (SSSR count). The van der Waals surface area contributed by atoms with Crippen molar-refractivity contribution in [2.24, 2.45) is 0 Å². The van der Waals surface area contributed by atoms with Crippen molar-refractivity contribution in [1.82, 2.24) is 0 Å². The van der Waals surface area contributed by atoms with Crippen LogP contribution in [0.2, 0.25) is 5.02 Å². The maximum atomic E-state index is 6.64. The van der Waals surface area contributed by atoms with E-state index >= 15 is 0 Å². The second-order valence-electron chi connectivity index (χ2n) is 10.3. The third-order valence-electron chi connectivity index (χ3n) is 7.29. The van der Waals surface area contributed by atoms with Crippen molar-refractivity contribution in [2.45, 2.75) is 64.3 Å². The number of hydrogen-bond donors (Lipinski definition) is 0. The first-order chi connectivity index (χ1) is 19.6. The van der Waals surface area contributed by atoms with Gasteiger partial charge in [0.25, 0.3) is 0 Å². The fraction of sp³-hybridized carbons (Fsp3) is 0.314. The van der Waals surface area contributed by atoms with Crippen LogP contribution in [0.15, 0.2) is 103 Å². The van der Waals surface area contributed by atoms with Gasteiger partial charge in [-0.25, -0.2) is 0 Å². The smallest absolute Gasteiger partial charge is 0.119 e. The predicted molar refractivity (Wildman–Crippen MR) is 160 cm³/mol. The lowest BCUT2D eigenvalue weighted by Gasteiger charge is -2.25. The Balaban J connectivity index is 1.31. The Hall–Kier alpha value is -3.15. The molecule has 4 unspecified atom stereocenters. The van der Waals surface area contributed by atoms with Crippen LogP contribution in [0.4, 0.5) is 0 Å². The molecule has 1 fully saturated rings. The first-order valence-corrected chi connectivity index (χ1v) is 14.4. The van der Waals surface area contributed by atoms with E-state index in [1.165, 1.54) is 11.1 Å². The summed E-state index contributed by atoms with van der Waals surface area (Å²) in [5.41, 5.74) is 5.71. The number of hydrogen-bond acceptors (Lipinski definition) is 4. The summed E-state index contributed by atoms with van der Waals surface area (Å²) < 4.78 is 25.1. The van der Waals surface area contributed by atoms with E-state index in [-0.39, 0.29) is 24.4 Å². The molecule has 4 nitrogen and oxygen atoms in total. The van der Waals surface area contributed by atoms with Crippen LogP contribution in [-0.2, 0) is 40.3 Å². The van der Waals surface area contributed by atoms with Gasteiger partial charge in [-0.15, -0.1) is 0 Å². The molecule has 1 saturated heterocycles. The van der Waals surface area contributed by atoms with Gasteiger partial charge >= 0.3 is 0 Å². The van der Waals surface area contributed by atoms with E-state index in [1.54, 1.807) is 0 Å². The highest BCUT2D eigenvalue weighted by atomic mass is 35.5. The molecule has 1 aliphatic heterocycles. The van der Waals surface area contributed by atoms with Crippen molar-refractivity contribution in [3.8, 4) is 5.75 Å². The van der Waals surface area contributed by atoms with E-state index in [0.29, 0.717) is 26.2 Å². The minimum absolute atomic E-state index is 0.0925. The average Bonchev–Trinajstić information content (AvgIpc) is 3.28. The highest BCUT2D eigenvalue weighted by molar-refractivity contribution is 6.31. The monoisotopic (exact) mass is 556 g/mol. The van der Waals surface area contributed by atoms with E-state index in [1.807, 2.05) is 61.5 Å². The molecule has 1 heterocycles. The van der Waals surface area contributed by atoms with Crippen LogP contribution in [-0.4, -0.2) is 31.0 Å². The lowest BCUT2D eigenvalue weighted by atomic mass is 9.97. The van der Waals surface area contributed by atoms with Crippen molar-refractivity contribution in [2.75, 3.05) is 6.61 Å². The van der Waals surface area contributed by atoms with Gasteiger partial charge in [0, 0.05) is 11.4 Å². The molecule has 0 spiro atoms. The zero-order chi connectivity index (χ0) is 27.7. The molecule has 40 heavy (non-hydrogen) atoms. The largest absolute Gasteiger partial charge is 0.494 e. The minimum Gasteiger partial charge on any atom is -0.494 e. The molecule has 0 aliphatic carbocycles. The van der Waals surface area contributed by atoms with Gasteiger partial charge in [0.2, 0.25) is 0 Å². The molecule has 4 aromatic rings. The lowest BCUT2D eigenvalue weighted by molar-refractivity contribution is -0.0773. The maximum absolute atomic E-state index is 6.64. The molecule has 0 amide bonds. The third-order valence-corrected chi connectivity index (χ3v) is 7.66. The second kappa shape index (κ2) is 14.0. The Kier molecular flexibility index (Phi) is 9.90. The fourth-order valence-electron chi connectivity index (χ4n) is 5.25. The normalized spacial score (nSPS) is 20.5. The molecule has 208 valence electrons. The van der Waals surface area contributed by atoms with Crippen molar-refractivity contribution in [3.05, 3.63) is 136 Å². The molecule has 0 aromatic heterocycles. The molecule has 1 aliphatic rings. The zero-order valence-electron chi connectivity index (χ0n) is 23.2. The summed E-state index contributed by atoms with van der Waals surface area (Å²) in [4.78, 5) is 0. The molecule has 0 saturated carbocycles. The SMILES string of the molecule is CCOc1ccc(Cc2cc(CC3OC(C)C(OCc4ccccc4)C3OCc3ccccc3)ccc2Cl)cc1. The zero-order valence-corrected chi connectivity index (χ0v) is 23.9. The van der Waals surface area contributed by atoms with Crippen LogP contribution in [0.5, 0.6) is 5.75 Å². The van der Waals surface area contributed by atoms with Crippen LogP contribution in [0, 0.1) is 0 Å². The number of rotatable bonds is 12. The van der Waals surface area contributed by atoms with Crippen LogP contribution >= 0.6 is 11.6 Å². The summed E-state index contributed by atoms with van der Waals surface area (Å²) in [5.74, 6) is 0.879. The maximum Gasteiger partial charge on any atom is 0.119 e. The molecular weight excluding hydrogens is 520 g/mol. The second-order valence-corrected chi connectivity index (χ2v) is 10.7. The summed E-state index contributed by atoms with van der Waals surface area (Å²) in [5, 5.41) is 0.763. The van der Waals surface area contributed by atoms with Gasteiger partial charge in [-0.1, -0.05) is 96.5 Å². The third kappa shape index (κ3) is 7.52. The summed E-state index contributed by atoms with van der Waals surface area (Å²) in [6.45, 7) is 5.75. The number of benzene rings is 4. The van der Waals surface area contributed by atoms with E-state index in [4.69, 9.17) is 30.5 Å². The van der Waals surface area contributed by atoms with E-state index < -0.39 is 0 Å². The lowest BCUT2D eigenvalue weighted by Crippen LogP contribution is -2.37. The van der Waals surface area contributed by atoms with Crippen LogP contribution in [0.3, 0.4) is 0 Å². The topological polar surface area (TPSA) is 36.9 Å². The van der Waals surface area contributed by atoms with E-state index in [2.05, 4.69) is 55.5 Å². The van der Waals surface area contributed by atoms with Gasteiger partial charge in [-0.3, -0.25) is 0 Å². The Morgan fingerprint density at radius 1 is 0.700 bits per heavy atom. The quantitative estimate of drug-likeness (QED) is 0.178.